The van der Waals surface area contributed by atoms with Crippen molar-refractivity contribution < 1.29 is 14.7 Å². The van der Waals surface area contributed by atoms with Crippen molar-refractivity contribution in [1.29, 1.82) is 0 Å². The van der Waals surface area contributed by atoms with Gasteiger partial charge < -0.3 is 15.7 Å². The zero-order chi connectivity index (χ0) is 12.8. The Labute approximate surface area is 97.0 Å². The van der Waals surface area contributed by atoms with Crippen LogP contribution in [0.2, 0.25) is 0 Å². The van der Waals surface area contributed by atoms with Gasteiger partial charge in [0, 0.05) is 0 Å². The highest BCUT2D eigenvalue weighted by molar-refractivity contribution is 5.82. The molecule has 0 aliphatic rings. The van der Waals surface area contributed by atoms with E-state index in [0.717, 1.165) is 0 Å². The molecule has 0 aliphatic carbocycles. The number of aliphatic carboxylic acids is 1. The van der Waals surface area contributed by atoms with Crippen molar-refractivity contribution in [3.05, 3.63) is 5.82 Å². The molecule has 0 bridgehead atoms. The molecule has 9 heteroatoms. The van der Waals surface area contributed by atoms with Crippen LogP contribution in [0, 0.1) is 5.92 Å². The Balaban J connectivity index is 2.40. The lowest BCUT2D eigenvalue weighted by Crippen LogP contribution is -2.48. The highest BCUT2D eigenvalue weighted by atomic mass is 16.4. The van der Waals surface area contributed by atoms with Crippen molar-refractivity contribution in [3.63, 3.8) is 0 Å². The molecular weight excluding hydrogens is 228 g/mol. The molecule has 1 heterocycles. The molecule has 0 spiro atoms. The van der Waals surface area contributed by atoms with Crippen LogP contribution in [0.15, 0.2) is 0 Å². The van der Waals surface area contributed by atoms with Gasteiger partial charge in [0.1, 0.15) is 6.04 Å². The quantitative estimate of drug-likeness (QED) is 0.529. The van der Waals surface area contributed by atoms with Crippen LogP contribution < -0.4 is 10.6 Å². The Bertz CT molecular complexity index is 377. The van der Waals surface area contributed by atoms with Crippen LogP contribution in [0.3, 0.4) is 0 Å². The average Bonchev–Trinajstić information content (AvgIpc) is 2.74. The summed E-state index contributed by atoms with van der Waals surface area (Å²) in [6.45, 7) is 3.49. The zero-order valence-electron chi connectivity index (χ0n) is 9.47. The van der Waals surface area contributed by atoms with E-state index < -0.39 is 18.0 Å². The van der Waals surface area contributed by atoms with Gasteiger partial charge in [0.15, 0.2) is 5.82 Å². The first kappa shape index (κ1) is 12.9. The van der Waals surface area contributed by atoms with Gasteiger partial charge in [-0.25, -0.2) is 9.59 Å². The summed E-state index contributed by atoms with van der Waals surface area (Å²) in [6, 6.07) is -1.52. The summed E-state index contributed by atoms with van der Waals surface area (Å²) in [5, 5.41) is 26.4. The molecule has 0 saturated heterocycles. The van der Waals surface area contributed by atoms with E-state index in [4.69, 9.17) is 5.11 Å². The summed E-state index contributed by atoms with van der Waals surface area (Å²) in [7, 11) is 0. The topological polar surface area (TPSA) is 133 Å². The summed E-state index contributed by atoms with van der Waals surface area (Å²) in [5.41, 5.74) is 0. The minimum atomic E-state index is -1.07. The van der Waals surface area contributed by atoms with E-state index in [2.05, 4.69) is 31.3 Å². The number of urea groups is 1. The highest BCUT2D eigenvalue weighted by Crippen LogP contribution is 2.01. The molecule has 0 aromatic carbocycles. The second-order valence-electron chi connectivity index (χ2n) is 3.71. The Hall–Kier alpha value is -2.19. The molecule has 9 nitrogen and oxygen atoms in total. The first-order valence-corrected chi connectivity index (χ1v) is 5.00. The number of hydrogen-bond donors (Lipinski definition) is 4. The van der Waals surface area contributed by atoms with Crippen LogP contribution in [0.4, 0.5) is 4.79 Å². The van der Waals surface area contributed by atoms with Crippen LogP contribution in [0.5, 0.6) is 0 Å². The summed E-state index contributed by atoms with van der Waals surface area (Å²) in [5.74, 6) is -0.963. The number of nitrogens with one attached hydrogen (secondary N) is 3. The number of nitrogens with zero attached hydrogens (tertiary/aromatic N) is 3. The molecule has 17 heavy (non-hydrogen) atoms. The number of carbonyl (C=O) groups excluding carboxylic acids is 1. The number of aromatic amines is 1. The van der Waals surface area contributed by atoms with Crippen LogP contribution in [-0.2, 0) is 11.3 Å². The number of tetrazole rings is 1. The van der Waals surface area contributed by atoms with Crippen molar-refractivity contribution >= 4 is 12.0 Å². The SMILES string of the molecule is CC(C)[C@H](NC(=O)NCc1nn[nH]n1)C(=O)O. The van der Waals surface area contributed by atoms with Crippen LogP contribution >= 0.6 is 0 Å². The lowest BCUT2D eigenvalue weighted by molar-refractivity contribution is -0.140. The molecule has 1 rings (SSSR count). The molecule has 0 aliphatic heterocycles. The molecular formula is C8H14N6O3. The van der Waals surface area contributed by atoms with E-state index in [0.29, 0.717) is 5.82 Å². The maximum atomic E-state index is 11.4. The third-order valence-electron chi connectivity index (χ3n) is 2.02. The average molecular weight is 242 g/mol. The summed E-state index contributed by atoms with van der Waals surface area (Å²) >= 11 is 0. The zero-order valence-corrected chi connectivity index (χ0v) is 9.47. The molecule has 1 aromatic heterocycles. The first-order valence-electron chi connectivity index (χ1n) is 5.00. The van der Waals surface area contributed by atoms with Gasteiger partial charge in [0.2, 0.25) is 0 Å². The molecule has 4 N–H and O–H groups in total. The molecule has 0 fully saturated rings. The predicted molar refractivity (Wildman–Crippen MR) is 55.8 cm³/mol. The maximum absolute atomic E-state index is 11.4. The van der Waals surface area contributed by atoms with Gasteiger partial charge in [-0.15, -0.1) is 10.2 Å². The molecule has 0 radical (unpaired) electrons. The third kappa shape index (κ3) is 4.05. The molecule has 1 atom stereocenters. The van der Waals surface area contributed by atoms with Gasteiger partial charge in [-0.05, 0) is 5.92 Å². The highest BCUT2D eigenvalue weighted by Gasteiger charge is 2.23. The number of hydrogen-bond acceptors (Lipinski definition) is 5. The van der Waals surface area contributed by atoms with E-state index in [9.17, 15) is 9.59 Å². The number of aromatic nitrogens is 4. The molecule has 2 amide bonds. The van der Waals surface area contributed by atoms with Gasteiger partial charge in [-0.1, -0.05) is 19.1 Å². The minimum absolute atomic E-state index is 0.0762. The van der Waals surface area contributed by atoms with Crippen LogP contribution in [0.25, 0.3) is 0 Å². The van der Waals surface area contributed by atoms with Gasteiger partial charge >= 0.3 is 12.0 Å². The number of carboxylic acid groups (broad SMARTS) is 1. The number of H-pyrrole nitrogens is 1. The van der Waals surface area contributed by atoms with Crippen LogP contribution in [-0.4, -0.2) is 43.8 Å². The Morgan fingerprint density at radius 2 is 2.18 bits per heavy atom. The predicted octanol–water partition coefficient (Wildman–Crippen LogP) is -0.892. The Morgan fingerprint density at radius 3 is 2.65 bits per heavy atom. The van der Waals surface area contributed by atoms with Crippen molar-refractivity contribution in [1.82, 2.24) is 31.3 Å². The number of amides is 2. The van der Waals surface area contributed by atoms with Crippen molar-refractivity contribution in [2.45, 2.75) is 26.4 Å². The fourth-order valence-corrected chi connectivity index (χ4v) is 1.12. The summed E-state index contributed by atoms with van der Waals surface area (Å²) in [4.78, 5) is 22.2. The second kappa shape index (κ2) is 5.77. The fourth-order valence-electron chi connectivity index (χ4n) is 1.12. The van der Waals surface area contributed by atoms with Crippen molar-refractivity contribution in [3.8, 4) is 0 Å². The molecule has 1 aromatic rings. The third-order valence-corrected chi connectivity index (χ3v) is 2.02. The largest absolute Gasteiger partial charge is 0.480 e. The smallest absolute Gasteiger partial charge is 0.326 e. The van der Waals surface area contributed by atoms with Crippen LogP contribution in [0.1, 0.15) is 19.7 Å². The normalized spacial score (nSPS) is 12.2. The van der Waals surface area contributed by atoms with E-state index in [1.807, 2.05) is 0 Å². The number of carbonyl (C=O) groups is 2. The lowest BCUT2D eigenvalue weighted by Gasteiger charge is -2.17. The van der Waals surface area contributed by atoms with E-state index in [-0.39, 0.29) is 12.5 Å². The van der Waals surface area contributed by atoms with E-state index >= 15 is 0 Å². The number of rotatable bonds is 5. The fraction of sp³-hybridized carbons (Fsp3) is 0.625. The van der Waals surface area contributed by atoms with E-state index in [1.54, 1.807) is 13.8 Å². The molecule has 0 saturated carbocycles. The van der Waals surface area contributed by atoms with Gasteiger partial charge in [-0.2, -0.15) is 5.21 Å². The lowest BCUT2D eigenvalue weighted by atomic mass is 10.1. The first-order chi connectivity index (χ1) is 8.00. The second-order valence-corrected chi connectivity index (χ2v) is 3.71. The van der Waals surface area contributed by atoms with Gasteiger partial charge in [0.25, 0.3) is 0 Å². The van der Waals surface area contributed by atoms with Crippen molar-refractivity contribution in [2.24, 2.45) is 5.92 Å². The molecule has 0 unspecified atom stereocenters. The summed E-state index contributed by atoms with van der Waals surface area (Å²) in [6.07, 6.45) is 0. The Kier molecular flexibility index (Phi) is 4.37. The minimum Gasteiger partial charge on any atom is -0.480 e. The maximum Gasteiger partial charge on any atom is 0.326 e. The van der Waals surface area contributed by atoms with Gasteiger partial charge in [0.05, 0.1) is 6.54 Å². The summed E-state index contributed by atoms with van der Waals surface area (Å²) < 4.78 is 0. The van der Waals surface area contributed by atoms with E-state index in [1.165, 1.54) is 0 Å². The van der Waals surface area contributed by atoms with Gasteiger partial charge in [-0.3, -0.25) is 0 Å². The number of carboxylic acids is 1. The Morgan fingerprint density at radius 1 is 1.47 bits per heavy atom. The monoisotopic (exact) mass is 242 g/mol. The molecule has 94 valence electrons. The standard InChI is InChI=1S/C8H14N6O3/c1-4(2)6(7(15)16)10-8(17)9-3-5-11-13-14-12-5/h4,6H,3H2,1-2H3,(H,15,16)(H2,9,10,17)(H,11,12,13,14)/t6-/m0/s1. The van der Waals surface area contributed by atoms with Crippen molar-refractivity contribution in [2.75, 3.05) is 0 Å².